The number of amides is 2. The maximum absolute atomic E-state index is 12.5. The third-order valence-electron chi connectivity index (χ3n) is 4.66. The third-order valence-corrected chi connectivity index (χ3v) is 4.66. The van der Waals surface area contributed by atoms with Crippen LogP contribution in [0.5, 0.6) is 0 Å². The highest BCUT2D eigenvalue weighted by molar-refractivity contribution is 6.06. The van der Waals surface area contributed by atoms with E-state index in [0.717, 1.165) is 16.5 Å². The summed E-state index contributed by atoms with van der Waals surface area (Å²) in [6, 6.07) is 22.0. The summed E-state index contributed by atoms with van der Waals surface area (Å²) in [5.41, 5.74) is 4.45. The van der Waals surface area contributed by atoms with Crippen LogP contribution in [0.15, 0.2) is 77.2 Å². The predicted molar refractivity (Wildman–Crippen MR) is 114 cm³/mol. The predicted octanol–water partition coefficient (Wildman–Crippen LogP) is 5.55. The van der Waals surface area contributed by atoms with Gasteiger partial charge in [-0.05, 0) is 61.9 Å². The first-order valence-corrected chi connectivity index (χ1v) is 9.28. The highest BCUT2D eigenvalue weighted by Gasteiger charge is 2.14. The van der Waals surface area contributed by atoms with E-state index in [4.69, 9.17) is 4.42 Å². The maximum Gasteiger partial charge on any atom is 0.291 e. The molecule has 0 radical (unpaired) electrons. The summed E-state index contributed by atoms with van der Waals surface area (Å²) in [6.45, 7) is 3.82. The van der Waals surface area contributed by atoms with Gasteiger partial charge in [-0.3, -0.25) is 9.59 Å². The Kier molecular flexibility index (Phi) is 4.87. The van der Waals surface area contributed by atoms with Crippen molar-refractivity contribution in [2.75, 3.05) is 10.6 Å². The summed E-state index contributed by atoms with van der Waals surface area (Å²) in [7, 11) is 0. The van der Waals surface area contributed by atoms with Gasteiger partial charge >= 0.3 is 0 Å². The molecule has 1 heterocycles. The van der Waals surface area contributed by atoms with Gasteiger partial charge < -0.3 is 15.1 Å². The van der Waals surface area contributed by atoms with Gasteiger partial charge in [0.05, 0.1) is 0 Å². The number of carbonyl (C=O) groups is 2. The van der Waals surface area contributed by atoms with Crippen LogP contribution < -0.4 is 10.6 Å². The molecule has 0 atom stereocenters. The minimum absolute atomic E-state index is 0.174. The van der Waals surface area contributed by atoms with Crippen LogP contribution in [-0.2, 0) is 0 Å². The van der Waals surface area contributed by atoms with E-state index in [1.54, 1.807) is 24.3 Å². The minimum Gasteiger partial charge on any atom is -0.451 e. The fourth-order valence-electron chi connectivity index (χ4n) is 3.15. The van der Waals surface area contributed by atoms with Gasteiger partial charge in [-0.15, -0.1) is 0 Å². The molecular formula is C24H20N2O3. The third kappa shape index (κ3) is 4.04. The standard InChI is InChI=1S/C24H20N2O3/c1-15-6-5-8-18(12-15)23(27)25-19-10-11-20(16(2)13-19)26-24(28)22-14-17-7-3-4-9-21(17)29-22/h3-14H,1-2H3,(H,25,27)(H,26,28). The van der Waals surface area contributed by atoms with Crippen molar-refractivity contribution in [2.45, 2.75) is 13.8 Å². The average Bonchev–Trinajstić information content (AvgIpc) is 3.14. The first-order valence-electron chi connectivity index (χ1n) is 9.28. The van der Waals surface area contributed by atoms with Crippen molar-refractivity contribution in [3.05, 3.63) is 95.2 Å². The lowest BCUT2D eigenvalue weighted by atomic mass is 10.1. The van der Waals surface area contributed by atoms with E-state index in [9.17, 15) is 9.59 Å². The van der Waals surface area contributed by atoms with Gasteiger partial charge in [0.1, 0.15) is 5.58 Å². The van der Waals surface area contributed by atoms with E-state index < -0.39 is 0 Å². The molecule has 0 saturated heterocycles. The second kappa shape index (κ2) is 7.64. The number of benzene rings is 3. The number of furan rings is 1. The Morgan fingerprint density at radius 1 is 0.793 bits per heavy atom. The maximum atomic E-state index is 12.5. The number of nitrogens with one attached hydrogen (secondary N) is 2. The molecule has 4 rings (SSSR count). The number of anilines is 2. The highest BCUT2D eigenvalue weighted by Crippen LogP contribution is 2.23. The van der Waals surface area contributed by atoms with Crippen LogP contribution >= 0.6 is 0 Å². The van der Waals surface area contributed by atoms with Crippen LogP contribution in [0.3, 0.4) is 0 Å². The molecule has 0 spiro atoms. The van der Waals surface area contributed by atoms with Crippen molar-refractivity contribution in [1.29, 1.82) is 0 Å². The lowest BCUT2D eigenvalue weighted by molar-refractivity contribution is 0.0996. The SMILES string of the molecule is Cc1cccc(C(=O)Nc2ccc(NC(=O)c3cc4ccccc4o3)c(C)c2)c1. The Bertz CT molecular complexity index is 1190. The Balaban J connectivity index is 1.48. The molecule has 5 nitrogen and oxygen atoms in total. The number of hydrogen-bond acceptors (Lipinski definition) is 3. The van der Waals surface area contributed by atoms with Crippen molar-refractivity contribution in [1.82, 2.24) is 0 Å². The number of hydrogen-bond donors (Lipinski definition) is 2. The van der Waals surface area contributed by atoms with Gasteiger partial charge in [0.2, 0.25) is 0 Å². The molecule has 2 N–H and O–H groups in total. The topological polar surface area (TPSA) is 71.3 Å². The number of carbonyl (C=O) groups excluding carboxylic acids is 2. The van der Waals surface area contributed by atoms with Crippen LogP contribution in [0.25, 0.3) is 11.0 Å². The molecule has 0 fully saturated rings. The van der Waals surface area contributed by atoms with Gasteiger partial charge in [0.15, 0.2) is 5.76 Å². The van der Waals surface area contributed by atoms with E-state index in [0.29, 0.717) is 22.5 Å². The Labute approximate surface area is 168 Å². The molecule has 4 aromatic rings. The van der Waals surface area contributed by atoms with Gasteiger partial charge in [0.25, 0.3) is 11.8 Å². The van der Waals surface area contributed by atoms with Crippen molar-refractivity contribution in [3.63, 3.8) is 0 Å². The molecular weight excluding hydrogens is 364 g/mol. The van der Waals surface area contributed by atoms with Crippen molar-refractivity contribution >= 4 is 34.2 Å². The van der Waals surface area contributed by atoms with Crippen molar-refractivity contribution in [3.8, 4) is 0 Å². The van der Waals surface area contributed by atoms with Gasteiger partial charge in [0, 0.05) is 22.3 Å². The summed E-state index contributed by atoms with van der Waals surface area (Å²) in [6.07, 6.45) is 0. The molecule has 0 aliphatic heterocycles. The molecule has 0 aliphatic carbocycles. The van der Waals surface area contributed by atoms with Crippen molar-refractivity contribution in [2.24, 2.45) is 0 Å². The summed E-state index contributed by atoms with van der Waals surface area (Å²) >= 11 is 0. The molecule has 0 bridgehead atoms. The summed E-state index contributed by atoms with van der Waals surface area (Å²) in [5.74, 6) is -0.240. The quantitative estimate of drug-likeness (QED) is 0.484. The molecule has 3 aromatic carbocycles. The number of rotatable bonds is 4. The zero-order valence-corrected chi connectivity index (χ0v) is 16.2. The zero-order chi connectivity index (χ0) is 20.4. The minimum atomic E-state index is -0.319. The molecule has 0 saturated carbocycles. The Hall–Kier alpha value is -3.86. The normalized spacial score (nSPS) is 10.7. The number of aryl methyl sites for hydroxylation is 2. The van der Waals surface area contributed by atoms with E-state index in [2.05, 4.69) is 10.6 Å². The first-order chi connectivity index (χ1) is 14.0. The van der Waals surface area contributed by atoms with Crippen LogP contribution in [0, 0.1) is 13.8 Å². The first kappa shape index (κ1) is 18.5. The molecule has 0 aliphatic rings. The summed E-state index contributed by atoms with van der Waals surface area (Å²) < 4.78 is 5.61. The lowest BCUT2D eigenvalue weighted by Gasteiger charge is -2.11. The molecule has 144 valence electrons. The summed E-state index contributed by atoms with van der Waals surface area (Å²) in [4.78, 5) is 25.0. The van der Waals surface area contributed by atoms with E-state index >= 15 is 0 Å². The Morgan fingerprint density at radius 3 is 2.38 bits per heavy atom. The molecule has 29 heavy (non-hydrogen) atoms. The Morgan fingerprint density at radius 2 is 1.62 bits per heavy atom. The fraction of sp³-hybridized carbons (Fsp3) is 0.0833. The van der Waals surface area contributed by atoms with Gasteiger partial charge in [-0.25, -0.2) is 0 Å². The van der Waals surface area contributed by atoms with E-state index in [1.165, 1.54) is 0 Å². The lowest BCUT2D eigenvalue weighted by Crippen LogP contribution is -2.14. The van der Waals surface area contributed by atoms with Crippen LogP contribution in [0.4, 0.5) is 11.4 Å². The highest BCUT2D eigenvalue weighted by atomic mass is 16.3. The monoisotopic (exact) mass is 384 g/mol. The van der Waals surface area contributed by atoms with Gasteiger partial charge in [-0.2, -0.15) is 0 Å². The van der Waals surface area contributed by atoms with Crippen molar-refractivity contribution < 1.29 is 14.0 Å². The molecule has 1 aromatic heterocycles. The van der Waals surface area contributed by atoms with Crippen LogP contribution in [0.1, 0.15) is 32.0 Å². The second-order valence-electron chi connectivity index (χ2n) is 6.96. The number of para-hydroxylation sites is 1. The summed E-state index contributed by atoms with van der Waals surface area (Å²) in [5, 5.41) is 6.63. The van der Waals surface area contributed by atoms with E-state index in [1.807, 2.05) is 62.4 Å². The fourth-order valence-corrected chi connectivity index (χ4v) is 3.15. The van der Waals surface area contributed by atoms with Gasteiger partial charge in [-0.1, -0.05) is 35.9 Å². The molecule has 0 unspecified atom stereocenters. The number of fused-ring (bicyclic) bond motifs is 1. The molecule has 5 heteroatoms. The smallest absolute Gasteiger partial charge is 0.291 e. The zero-order valence-electron chi connectivity index (χ0n) is 16.2. The van der Waals surface area contributed by atoms with Crippen LogP contribution in [0.2, 0.25) is 0 Å². The largest absolute Gasteiger partial charge is 0.451 e. The average molecular weight is 384 g/mol. The molecule has 2 amide bonds. The van der Waals surface area contributed by atoms with Crippen LogP contribution in [-0.4, -0.2) is 11.8 Å². The van der Waals surface area contributed by atoms with E-state index in [-0.39, 0.29) is 17.6 Å². The second-order valence-corrected chi connectivity index (χ2v) is 6.96.